The Hall–Kier alpha value is -2.98. The number of benzene rings is 1. The molecule has 0 bridgehead atoms. The van der Waals surface area contributed by atoms with E-state index >= 15 is 0 Å². The summed E-state index contributed by atoms with van der Waals surface area (Å²) in [6, 6.07) is 7.35. The number of urea groups is 1. The minimum absolute atomic E-state index is 0.344. The number of aliphatic hydroxyl groups excluding tert-OH is 1. The van der Waals surface area contributed by atoms with Crippen LogP contribution in [0.15, 0.2) is 30.5 Å². The number of hydrogen-bond donors (Lipinski definition) is 1. The highest BCUT2D eigenvalue weighted by molar-refractivity contribution is 6.24. The van der Waals surface area contributed by atoms with Crippen molar-refractivity contribution >= 4 is 28.5 Å². The van der Waals surface area contributed by atoms with Crippen LogP contribution in [0.1, 0.15) is 12.0 Å². The molecule has 0 unspecified atom stereocenters. The van der Waals surface area contributed by atoms with Gasteiger partial charge in [0.15, 0.2) is 0 Å². The monoisotopic (exact) mass is 308 g/mol. The first-order chi connectivity index (χ1) is 11.1. The summed E-state index contributed by atoms with van der Waals surface area (Å²) < 4.78 is 0. The second-order valence-corrected chi connectivity index (χ2v) is 5.59. The van der Waals surface area contributed by atoms with Crippen LogP contribution < -0.4 is 4.90 Å². The Morgan fingerprint density at radius 1 is 1.30 bits per heavy atom. The van der Waals surface area contributed by atoms with E-state index in [-0.39, 0.29) is 0 Å². The Labute approximate surface area is 131 Å². The normalized spacial score (nSPS) is 23.5. The number of aromatic nitrogens is 1. The summed E-state index contributed by atoms with van der Waals surface area (Å²) in [7, 11) is 0. The molecule has 1 N–H and O–H groups in total. The zero-order chi connectivity index (χ0) is 16.1. The lowest BCUT2D eigenvalue weighted by Gasteiger charge is -2.17. The van der Waals surface area contributed by atoms with Crippen LogP contribution in [0.3, 0.4) is 0 Å². The van der Waals surface area contributed by atoms with Crippen molar-refractivity contribution in [2.24, 2.45) is 0 Å². The molecule has 0 radical (unpaired) electrons. The molecular weight excluding hydrogens is 296 g/mol. The van der Waals surface area contributed by atoms with Crippen molar-refractivity contribution in [2.45, 2.75) is 18.6 Å². The van der Waals surface area contributed by atoms with Crippen LogP contribution in [-0.2, 0) is 4.79 Å². The molecule has 7 nitrogen and oxygen atoms in total. The largest absolute Gasteiger partial charge is 0.390 e. The molecule has 2 atom stereocenters. The predicted molar refractivity (Wildman–Crippen MR) is 80.5 cm³/mol. The molecule has 0 aliphatic carbocycles. The molecule has 114 valence electrons. The standard InChI is InChI=1S/C16H12N4O3/c17-8-9-3-4-11(13-10(9)2-1-6-18-13)20-15(22)14-12(21)5-7-19(14)16(20)23/h1-4,6,12,14,21H,5,7H2/t12-,14+/m1/s1. The van der Waals surface area contributed by atoms with Gasteiger partial charge in [-0.3, -0.25) is 9.78 Å². The quantitative estimate of drug-likeness (QED) is 0.793. The van der Waals surface area contributed by atoms with Crippen LogP contribution >= 0.6 is 0 Å². The second kappa shape index (κ2) is 4.76. The smallest absolute Gasteiger partial charge is 0.332 e. The minimum Gasteiger partial charge on any atom is -0.390 e. The number of anilines is 1. The Morgan fingerprint density at radius 2 is 2.13 bits per heavy atom. The molecule has 2 aliphatic heterocycles. The van der Waals surface area contributed by atoms with Gasteiger partial charge >= 0.3 is 6.03 Å². The number of pyridine rings is 1. The lowest BCUT2D eigenvalue weighted by atomic mass is 10.1. The maximum atomic E-state index is 12.6. The van der Waals surface area contributed by atoms with E-state index in [9.17, 15) is 20.0 Å². The number of nitrogens with zero attached hydrogens (tertiary/aromatic N) is 4. The third kappa shape index (κ3) is 1.76. The molecule has 2 aromatic rings. The highest BCUT2D eigenvalue weighted by atomic mass is 16.3. The van der Waals surface area contributed by atoms with Crippen molar-refractivity contribution in [2.75, 3.05) is 11.4 Å². The fourth-order valence-electron chi connectivity index (χ4n) is 3.30. The zero-order valence-corrected chi connectivity index (χ0v) is 12.0. The van der Waals surface area contributed by atoms with Gasteiger partial charge in [-0.15, -0.1) is 0 Å². The molecule has 3 amide bonds. The molecule has 0 saturated carbocycles. The number of aliphatic hydroxyl groups is 1. The maximum Gasteiger partial charge on any atom is 0.332 e. The molecule has 2 saturated heterocycles. The third-order valence-corrected chi connectivity index (χ3v) is 4.39. The van der Waals surface area contributed by atoms with E-state index in [0.717, 1.165) is 4.90 Å². The van der Waals surface area contributed by atoms with Gasteiger partial charge in [0.1, 0.15) is 6.04 Å². The van der Waals surface area contributed by atoms with Crippen LogP contribution in [0.4, 0.5) is 10.5 Å². The van der Waals surface area contributed by atoms with Crippen LogP contribution in [0.5, 0.6) is 0 Å². The number of carbonyl (C=O) groups excluding carboxylic acids is 2. The maximum absolute atomic E-state index is 12.6. The first-order valence-electron chi connectivity index (χ1n) is 7.24. The summed E-state index contributed by atoms with van der Waals surface area (Å²) in [4.78, 5) is 31.9. The van der Waals surface area contributed by atoms with E-state index in [1.807, 2.05) is 0 Å². The number of rotatable bonds is 1. The van der Waals surface area contributed by atoms with E-state index in [0.29, 0.717) is 35.1 Å². The number of nitriles is 1. The van der Waals surface area contributed by atoms with Crippen molar-refractivity contribution in [3.63, 3.8) is 0 Å². The van der Waals surface area contributed by atoms with Crippen molar-refractivity contribution < 1.29 is 14.7 Å². The average Bonchev–Trinajstić information content (AvgIpc) is 3.07. The molecule has 2 aliphatic rings. The minimum atomic E-state index is -0.839. The SMILES string of the molecule is N#Cc1ccc(N2C(=O)[C@@H]3[C@H](O)CCN3C2=O)c2ncccc12. The van der Waals surface area contributed by atoms with Crippen molar-refractivity contribution in [3.05, 3.63) is 36.0 Å². The van der Waals surface area contributed by atoms with Gasteiger partial charge in [0.25, 0.3) is 5.91 Å². The molecule has 23 heavy (non-hydrogen) atoms. The molecule has 4 rings (SSSR count). The Balaban J connectivity index is 1.89. The third-order valence-electron chi connectivity index (χ3n) is 4.39. The Morgan fingerprint density at radius 3 is 2.87 bits per heavy atom. The molecule has 1 aromatic carbocycles. The molecule has 3 heterocycles. The fraction of sp³-hybridized carbons (Fsp3) is 0.250. The first kappa shape index (κ1) is 13.7. The number of carbonyl (C=O) groups is 2. The second-order valence-electron chi connectivity index (χ2n) is 5.59. The number of fused-ring (bicyclic) bond motifs is 2. The number of imide groups is 1. The van der Waals surface area contributed by atoms with Gasteiger partial charge in [0.05, 0.1) is 28.9 Å². The zero-order valence-electron chi connectivity index (χ0n) is 12.0. The summed E-state index contributed by atoms with van der Waals surface area (Å²) in [5, 5.41) is 19.7. The number of amides is 3. The van der Waals surface area contributed by atoms with E-state index in [1.54, 1.807) is 30.5 Å². The molecule has 2 fully saturated rings. The highest BCUT2D eigenvalue weighted by Crippen LogP contribution is 2.35. The molecule has 1 aromatic heterocycles. The summed E-state index contributed by atoms with van der Waals surface area (Å²) >= 11 is 0. The van der Waals surface area contributed by atoms with Gasteiger partial charge in [-0.25, -0.2) is 9.69 Å². The van der Waals surface area contributed by atoms with Gasteiger partial charge in [-0.1, -0.05) is 0 Å². The summed E-state index contributed by atoms with van der Waals surface area (Å²) in [5.74, 6) is -0.448. The van der Waals surface area contributed by atoms with Crippen molar-refractivity contribution in [1.29, 1.82) is 5.26 Å². The van der Waals surface area contributed by atoms with Crippen molar-refractivity contribution in [1.82, 2.24) is 9.88 Å². The fourth-order valence-corrected chi connectivity index (χ4v) is 3.30. The molecular formula is C16H12N4O3. The lowest BCUT2D eigenvalue weighted by molar-refractivity contribution is -0.121. The van der Waals surface area contributed by atoms with E-state index < -0.39 is 24.1 Å². The van der Waals surface area contributed by atoms with Crippen molar-refractivity contribution in [3.8, 4) is 6.07 Å². The first-order valence-corrected chi connectivity index (χ1v) is 7.24. The van der Waals surface area contributed by atoms with Crippen LogP contribution in [-0.4, -0.2) is 45.6 Å². The molecule has 0 spiro atoms. The van der Waals surface area contributed by atoms with E-state index in [4.69, 9.17) is 0 Å². The van der Waals surface area contributed by atoms with Crippen LogP contribution in [0, 0.1) is 11.3 Å². The van der Waals surface area contributed by atoms with E-state index in [1.165, 1.54) is 4.90 Å². The Bertz CT molecular complexity index is 889. The van der Waals surface area contributed by atoms with Crippen LogP contribution in [0.25, 0.3) is 10.9 Å². The lowest BCUT2D eigenvalue weighted by Crippen LogP contribution is -2.36. The van der Waals surface area contributed by atoms with Gasteiger partial charge in [0, 0.05) is 18.1 Å². The average molecular weight is 308 g/mol. The summed E-state index contributed by atoms with van der Waals surface area (Å²) in [5.41, 5.74) is 1.19. The van der Waals surface area contributed by atoms with Gasteiger partial charge in [0.2, 0.25) is 0 Å². The summed E-state index contributed by atoms with van der Waals surface area (Å²) in [6.07, 6.45) is 1.12. The van der Waals surface area contributed by atoms with Gasteiger partial charge in [-0.2, -0.15) is 5.26 Å². The highest BCUT2D eigenvalue weighted by Gasteiger charge is 2.52. The summed E-state index contributed by atoms with van der Waals surface area (Å²) in [6.45, 7) is 0.356. The number of hydrogen-bond acceptors (Lipinski definition) is 5. The van der Waals surface area contributed by atoms with Crippen LogP contribution in [0.2, 0.25) is 0 Å². The Kier molecular flexibility index (Phi) is 2.83. The predicted octanol–water partition coefficient (Wildman–Crippen LogP) is 1.01. The van der Waals surface area contributed by atoms with Gasteiger partial charge < -0.3 is 10.0 Å². The van der Waals surface area contributed by atoms with E-state index in [2.05, 4.69) is 11.1 Å². The van der Waals surface area contributed by atoms with Gasteiger partial charge in [-0.05, 0) is 30.7 Å². The topological polar surface area (TPSA) is 97.5 Å². The molecule has 7 heteroatoms.